The Morgan fingerprint density at radius 1 is 1.30 bits per heavy atom. The highest BCUT2D eigenvalue weighted by Crippen LogP contribution is 2.15. The zero-order valence-corrected chi connectivity index (χ0v) is 12.6. The number of carbonyl (C=O) groups is 1. The van der Waals surface area contributed by atoms with Crippen LogP contribution in [0.5, 0.6) is 0 Å². The van der Waals surface area contributed by atoms with Crippen molar-refractivity contribution in [2.75, 3.05) is 6.54 Å². The van der Waals surface area contributed by atoms with Crippen molar-refractivity contribution in [1.82, 2.24) is 5.32 Å². The van der Waals surface area contributed by atoms with Crippen LogP contribution in [0, 0.1) is 17.8 Å². The summed E-state index contributed by atoms with van der Waals surface area (Å²) < 4.78 is 0. The Bertz CT molecular complexity index is 482. The summed E-state index contributed by atoms with van der Waals surface area (Å²) >= 11 is 0. The minimum atomic E-state index is 0.0123. The molecule has 0 aliphatic heterocycles. The summed E-state index contributed by atoms with van der Waals surface area (Å²) in [5.74, 6) is 5.99. The molecule has 0 aliphatic carbocycles. The van der Waals surface area contributed by atoms with Crippen LogP contribution in [0.15, 0.2) is 24.3 Å². The van der Waals surface area contributed by atoms with E-state index >= 15 is 0 Å². The molecule has 20 heavy (non-hydrogen) atoms. The van der Waals surface area contributed by atoms with Crippen molar-refractivity contribution < 1.29 is 4.79 Å². The van der Waals surface area contributed by atoms with Crippen molar-refractivity contribution in [2.45, 2.75) is 39.7 Å². The third kappa shape index (κ3) is 5.07. The topological polar surface area (TPSA) is 55.1 Å². The van der Waals surface area contributed by atoms with Crippen molar-refractivity contribution in [3.63, 3.8) is 0 Å². The molecule has 0 bridgehead atoms. The molecule has 0 heterocycles. The molecule has 0 aromatic heterocycles. The number of hydrogen-bond donors (Lipinski definition) is 2. The molecule has 108 valence electrons. The molecule has 1 rings (SSSR count). The van der Waals surface area contributed by atoms with Gasteiger partial charge >= 0.3 is 0 Å². The van der Waals surface area contributed by atoms with E-state index in [0.717, 1.165) is 24.0 Å². The second-order valence-electron chi connectivity index (χ2n) is 5.05. The number of rotatable bonds is 5. The van der Waals surface area contributed by atoms with Crippen molar-refractivity contribution in [3.05, 3.63) is 35.4 Å². The average Bonchev–Trinajstić information content (AvgIpc) is 2.45. The first-order valence-electron chi connectivity index (χ1n) is 7.17. The van der Waals surface area contributed by atoms with Gasteiger partial charge in [-0.2, -0.15) is 0 Å². The van der Waals surface area contributed by atoms with Gasteiger partial charge in [0.2, 0.25) is 5.91 Å². The molecule has 3 N–H and O–H groups in total. The lowest BCUT2D eigenvalue weighted by Gasteiger charge is -2.17. The molecule has 0 fully saturated rings. The van der Waals surface area contributed by atoms with Gasteiger partial charge in [0.15, 0.2) is 0 Å². The molecule has 0 aliphatic rings. The number of hydrogen-bond acceptors (Lipinski definition) is 2. The fourth-order valence-electron chi connectivity index (χ4n) is 2.01. The Hall–Kier alpha value is -1.79. The number of benzene rings is 1. The summed E-state index contributed by atoms with van der Waals surface area (Å²) in [5.41, 5.74) is 7.37. The lowest BCUT2D eigenvalue weighted by Crippen LogP contribution is -2.31. The van der Waals surface area contributed by atoms with Crippen LogP contribution in [0.4, 0.5) is 0 Å². The van der Waals surface area contributed by atoms with Gasteiger partial charge in [0.05, 0.1) is 12.6 Å². The molecule has 0 saturated carbocycles. The van der Waals surface area contributed by atoms with Crippen LogP contribution in [0.1, 0.15) is 50.8 Å². The molecule has 3 nitrogen and oxygen atoms in total. The number of nitrogens with one attached hydrogen (secondary N) is 1. The third-order valence-electron chi connectivity index (χ3n) is 3.27. The summed E-state index contributed by atoms with van der Waals surface area (Å²) in [6.45, 7) is 6.42. The first-order chi connectivity index (χ1) is 9.58. The first kappa shape index (κ1) is 16.3. The summed E-state index contributed by atoms with van der Waals surface area (Å²) in [6.07, 6.45) is 1.95. The predicted molar refractivity (Wildman–Crippen MR) is 83.0 cm³/mol. The predicted octanol–water partition coefficient (Wildman–Crippen LogP) is 2.61. The van der Waals surface area contributed by atoms with Gasteiger partial charge in [0.25, 0.3) is 0 Å². The van der Waals surface area contributed by atoms with E-state index < -0.39 is 0 Å². The summed E-state index contributed by atoms with van der Waals surface area (Å²) in [4.78, 5) is 12.0. The van der Waals surface area contributed by atoms with Crippen LogP contribution >= 0.6 is 0 Å². The van der Waals surface area contributed by atoms with E-state index in [1.807, 2.05) is 38.1 Å². The normalized spacial score (nSPS) is 13.0. The molecule has 1 aromatic rings. The maximum Gasteiger partial charge on any atom is 0.223 e. The molecule has 2 atom stereocenters. The van der Waals surface area contributed by atoms with Crippen LogP contribution in [0.3, 0.4) is 0 Å². The van der Waals surface area contributed by atoms with Crippen LogP contribution < -0.4 is 11.1 Å². The minimum Gasteiger partial charge on any atom is -0.349 e. The second-order valence-corrected chi connectivity index (χ2v) is 5.05. The molecule has 3 heteroatoms. The number of carbonyl (C=O) groups excluding carboxylic acids is 1. The highest BCUT2D eigenvalue weighted by molar-refractivity contribution is 5.78. The SMILES string of the molecule is CCCC(C)C(=O)NC(C)c1ccc(C#CCN)cc1. The van der Waals surface area contributed by atoms with E-state index in [-0.39, 0.29) is 17.9 Å². The number of amides is 1. The molecule has 0 radical (unpaired) electrons. The van der Waals surface area contributed by atoms with Crippen LogP contribution in [-0.4, -0.2) is 12.5 Å². The van der Waals surface area contributed by atoms with Crippen molar-refractivity contribution >= 4 is 5.91 Å². The first-order valence-corrected chi connectivity index (χ1v) is 7.17. The van der Waals surface area contributed by atoms with Gasteiger partial charge < -0.3 is 11.1 Å². The Morgan fingerprint density at radius 2 is 1.95 bits per heavy atom. The summed E-state index contributed by atoms with van der Waals surface area (Å²) in [5, 5.41) is 3.05. The lowest BCUT2D eigenvalue weighted by atomic mass is 10.0. The minimum absolute atomic E-state index is 0.0123. The van der Waals surface area contributed by atoms with E-state index in [1.54, 1.807) is 0 Å². The molecule has 2 unspecified atom stereocenters. The van der Waals surface area contributed by atoms with Gasteiger partial charge in [-0.15, -0.1) is 0 Å². The quantitative estimate of drug-likeness (QED) is 0.810. The van der Waals surface area contributed by atoms with Crippen LogP contribution in [0.2, 0.25) is 0 Å². The van der Waals surface area contributed by atoms with Gasteiger partial charge in [-0.05, 0) is 31.0 Å². The highest BCUT2D eigenvalue weighted by atomic mass is 16.1. The van der Waals surface area contributed by atoms with E-state index in [9.17, 15) is 4.79 Å². The Kier molecular flexibility index (Phi) is 6.83. The van der Waals surface area contributed by atoms with Crippen molar-refractivity contribution in [2.24, 2.45) is 11.7 Å². The Labute approximate surface area is 121 Å². The zero-order valence-electron chi connectivity index (χ0n) is 12.6. The second kappa shape index (κ2) is 8.39. The van der Waals surface area contributed by atoms with E-state index in [2.05, 4.69) is 24.1 Å². The maximum atomic E-state index is 12.0. The smallest absolute Gasteiger partial charge is 0.223 e. The van der Waals surface area contributed by atoms with E-state index in [4.69, 9.17) is 5.73 Å². The highest BCUT2D eigenvalue weighted by Gasteiger charge is 2.15. The largest absolute Gasteiger partial charge is 0.349 e. The van der Waals surface area contributed by atoms with Crippen molar-refractivity contribution in [1.29, 1.82) is 0 Å². The van der Waals surface area contributed by atoms with Crippen LogP contribution in [0.25, 0.3) is 0 Å². The monoisotopic (exact) mass is 272 g/mol. The van der Waals surface area contributed by atoms with Gasteiger partial charge in [-0.1, -0.05) is 44.2 Å². The van der Waals surface area contributed by atoms with E-state index in [1.165, 1.54) is 0 Å². The maximum absolute atomic E-state index is 12.0. The molecule has 1 amide bonds. The fourth-order valence-corrected chi connectivity index (χ4v) is 2.01. The molecule has 0 saturated heterocycles. The third-order valence-corrected chi connectivity index (χ3v) is 3.27. The van der Waals surface area contributed by atoms with Gasteiger partial charge in [-0.3, -0.25) is 4.79 Å². The Balaban J connectivity index is 2.63. The standard InChI is InChI=1S/C17H24N2O/c1-4-6-13(2)17(20)19-14(3)16-10-8-15(9-11-16)7-5-12-18/h8-11,13-14H,4,6,12,18H2,1-3H3,(H,19,20). The molecule has 0 spiro atoms. The fraction of sp³-hybridized carbons (Fsp3) is 0.471. The van der Waals surface area contributed by atoms with E-state index in [0.29, 0.717) is 6.54 Å². The van der Waals surface area contributed by atoms with Gasteiger partial charge in [-0.25, -0.2) is 0 Å². The van der Waals surface area contributed by atoms with Gasteiger partial charge in [0, 0.05) is 11.5 Å². The Morgan fingerprint density at radius 3 is 2.50 bits per heavy atom. The van der Waals surface area contributed by atoms with Gasteiger partial charge in [0.1, 0.15) is 0 Å². The summed E-state index contributed by atoms with van der Waals surface area (Å²) in [7, 11) is 0. The lowest BCUT2D eigenvalue weighted by molar-refractivity contribution is -0.125. The molecule has 1 aromatic carbocycles. The molecular weight excluding hydrogens is 248 g/mol. The number of nitrogens with two attached hydrogens (primary N) is 1. The molecular formula is C17H24N2O. The average molecular weight is 272 g/mol. The van der Waals surface area contributed by atoms with Crippen molar-refractivity contribution in [3.8, 4) is 11.8 Å². The summed E-state index contributed by atoms with van der Waals surface area (Å²) in [6, 6.07) is 7.91. The van der Waals surface area contributed by atoms with Crippen LogP contribution in [-0.2, 0) is 4.79 Å². The zero-order chi connectivity index (χ0) is 15.0.